The first-order chi connectivity index (χ1) is 16.2. The number of likely N-dealkylation sites (tertiary alicyclic amines) is 1. The van der Waals surface area contributed by atoms with Gasteiger partial charge in [-0.2, -0.15) is 0 Å². The fraction of sp³-hybridized carbons (Fsp3) is 0.250. The molecule has 0 amide bonds. The Morgan fingerprint density at radius 2 is 2.09 bits per heavy atom. The van der Waals surface area contributed by atoms with E-state index in [9.17, 15) is 0 Å². The first-order valence-corrected chi connectivity index (χ1v) is 10.6. The Morgan fingerprint density at radius 1 is 1.18 bits per heavy atom. The third kappa shape index (κ3) is 4.20. The number of rotatable bonds is 7. The molecule has 0 radical (unpaired) electrons. The smallest absolute Gasteiger partial charge is 0.214 e. The van der Waals surface area contributed by atoms with E-state index >= 15 is 4.39 Å². The van der Waals surface area contributed by atoms with Crippen molar-refractivity contribution >= 4 is 33.4 Å². The number of methoxy groups -OCH3 is 1. The van der Waals surface area contributed by atoms with Crippen LogP contribution in [0, 0.1) is 5.82 Å². The highest BCUT2D eigenvalue weighted by molar-refractivity contribution is 5.89. The fourth-order valence-corrected chi connectivity index (χ4v) is 4.06. The van der Waals surface area contributed by atoms with Gasteiger partial charge in [-0.1, -0.05) is 18.7 Å². The Hall–Kier alpha value is -3.69. The van der Waals surface area contributed by atoms with Gasteiger partial charge >= 0.3 is 0 Å². The van der Waals surface area contributed by atoms with Crippen LogP contribution in [-0.4, -0.2) is 57.4 Å². The predicted octanol–water partition coefficient (Wildman–Crippen LogP) is 4.07. The van der Waals surface area contributed by atoms with E-state index in [1.165, 1.54) is 6.33 Å². The second-order valence-corrected chi connectivity index (χ2v) is 7.75. The summed E-state index contributed by atoms with van der Waals surface area (Å²) in [7, 11) is 1.66. The predicted molar refractivity (Wildman–Crippen MR) is 124 cm³/mol. The van der Waals surface area contributed by atoms with E-state index in [1.807, 2.05) is 18.2 Å². The summed E-state index contributed by atoms with van der Waals surface area (Å²) >= 11 is 0. The molecule has 33 heavy (non-hydrogen) atoms. The van der Waals surface area contributed by atoms with Crippen molar-refractivity contribution in [3.8, 4) is 5.88 Å². The zero-order valence-corrected chi connectivity index (χ0v) is 18.1. The first kappa shape index (κ1) is 21.2. The maximum atomic E-state index is 15.0. The van der Waals surface area contributed by atoms with Crippen molar-refractivity contribution in [2.45, 2.75) is 18.8 Å². The third-order valence-electron chi connectivity index (χ3n) is 5.69. The average Bonchev–Trinajstić information content (AvgIpc) is 3.30. The van der Waals surface area contributed by atoms with Gasteiger partial charge in [0.05, 0.1) is 11.2 Å². The number of aromatic nitrogens is 4. The van der Waals surface area contributed by atoms with Crippen LogP contribution in [0.5, 0.6) is 5.88 Å². The maximum Gasteiger partial charge on any atom is 0.214 e. The summed E-state index contributed by atoms with van der Waals surface area (Å²) in [5, 5.41) is 3.77. The van der Waals surface area contributed by atoms with Gasteiger partial charge < -0.3 is 14.8 Å². The summed E-state index contributed by atoms with van der Waals surface area (Å²) in [4.78, 5) is 19.5. The lowest BCUT2D eigenvalue weighted by atomic mass is 10.2. The fourth-order valence-electron chi connectivity index (χ4n) is 4.06. The van der Waals surface area contributed by atoms with Gasteiger partial charge in [0, 0.05) is 37.8 Å². The van der Waals surface area contributed by atoms with Gasteiger partial charge in [-0.05, 0) is 30.7 Å². The number of fused-ring (bicyclic) bond motifs is 2. The van der Waals surface area contributed by atoms with Gasteiger partial charge in [0.1, 0.15) is 29.7 Å². The summed E-state index contributed by atoms with van der Waals surface area (Å²) < 4.78 is 26.6. The molecule has 2 atom stereocenters. The molecule has 1 saturated heterocycles. The topological polar surface area (TPSA) is 85.3 Å². The van der Waals surface area contributed by atoms with E-state index in [-0.39, 0.29) is 23.5 Å². The van der Waals surface area contributed by atoms with Crippen LogP contribution < -0.4 is 10.1 Å². The van der Waals surface area contributed by atoms with Crippen LogP contribution in [0.4, 0.5) is 15.9 Å². The Bertz CT molecular complexity index is 1320. The molecular weight excluding hydrogens is 423 g/mol. The van der Waals surface area contributed by atoms with Crippen molar-refractivity contribution in [2.24, 2.45) is 0 Å². The van der Waals surface area contributed by atoms with E-state index < -0.39 is 5.82 Å². The van der Waals surface area contributed by atoms with Crippen LogP contribution in [0.25, 0.3) is 21.9 Å². The second kappa shape index (κ2) is 9.05. The zero-order chi connectivity index (χ0) is 22.8. The van der Waals surface area contributed by atoms with E-state index in [1.54, 1.807) is 37.6 Å². The van der Waals surface area contributed by atoms with Gasteiger partial charge in [-0.3, -0.25) is 9.88 Å². The summed E-state index contributed by atoms with van der Waals surface area (Å²) in [6, 6.07) is 10.7. The number of pyridine rings is 2. The Kier molecular flexibility index (Phi) is 5.80. The van der Waals surface area contributed by atoms with E-state index in [0.717, 1.165) is 18.4 Å². The molecule has 1 N–H and O–H groups in total. The average molecular weight is 446 g/mol. The van der Waals surface area contributed by atoms with Crippen molar-refractivity contribution in [1.29, 1.82) is 0 Å². The molecule has 0 spiro atoms. The Morgan fingerprint density at radius 3 is 2.94 bits per heavy atom. The number of hydrogen-bond acceptors (Lipinski definition) is 8. The molecule has 1 aliphatic heterocycles. The SMILES string of the molecule is C=CC(OC)N1CC[C@H](Oc2ccc3ncnc(Nc4ccc5cccnc5c4F)c3n2)C1. The number of halogens is 1. The normalized spacial score (nSPS) is 17.3. The van der Waals surface area contributed by atoms with Crippen LogP contribution in [0.1, 0.15) is 6.42 Å². The number of hydrogen-bond donors (Lipinski definition) is 1. The Labute approximate surface area is 190 Å². The highest BCUT2D eigenvalue weighted by atomic mass is 19.1. The molecular formula is C24H23FN6O2. The molecule has 168 valence electrons. The summed E-state index contributed by atoms with van der Waals surface area (Å²) in [6.07, 6.45) is 5.43. The van der Waals surface area contributed by atoms with Crippen LogP contribution in [0.2, 0.25) is 0 Å². The summed E-state index contributed by atoms with van der Waals surface area (Å²) in [6.45, 7) is 5.36. The largest absolute Gasteiger partial charge is 0.473 e. The van der Waals surface area contributed by atoms with Crippen molar-refractivity contribution in [2.75, 3.05) is 25.5 Å². The lowest BCUT2D eigenvalue weighted by Gasteiger charge is -2.23. The molecule has 1 aromatic carbocycles. The second-order valence-electron chi connectivity index (χ2n) is 7.75. The van der Waals surface area contributed by atoms with Gasteiger partial charge in [0.2, 0.25) is 5.88 Å². The highest BCUT2D eigenvalue weighted by Gasteiger charge is 2.28. The zero-order valence-electron chi connectivity index (χ0n) is 18.1. The minimum atomic E-state index is -0.451. The van der Waals surface area contributed by atoms with E-state index in [0.29, 0.717) is 29.3 Å². The van der Waals surface area contributed by atoms with Crippen LogP contribution in [0.15, 0.2) is 61.6 Å². The first-order valence-electron chi connectivity index (χ1n) is 10.6. The van der Waals surface area contributed by atoms with Gasteiger partial charge in [0.15, 0.2) is 11.6 Å². The molecule has 4 aromatic rings. The molecule has 1 unspecified atom stereocenters. The van der Waals surface area contributed by atoms with Gasteiger partial charge in [0.25, 0.3) is 0 Å². The lowest BCUT2D eigenvalue weighted by Crippen LogP contribution is -2.34. The molecule has 4 heterocycles. The van der Waals surface area contributed by atoms with Crippen LogP contribution in [0.3, 0.4) is 0 Å². The molecule has 0 aliphatic carbocycles. The van der Waals surface area contributed by atoms with Crippen LogP contribution >= 0.6 is 0 Å². The van der Waals surface area contributed by atoms with E-state index in [2.05, 4.69) is 36.7 Å². The van der Waals surface area contributed by atoms with Crippen molar-refractivity contribution in [3.63, 3.8) is 0 Å². The molecule has 3 aromatic heterocycles. The molecule has 0 saturated carbocycles. The molecule has 1 fully saturated rings. The number of benzene rings is 1. The number of ether oxygens (including phenoxy) is 2. The number of nitrogens with one attached hydrogen (secondary N) is 1. The van der Waals surface area contributed by atoms with Crippen molar-refractivity contribution in [1.82, 2.24) is 24.8 Å². The Balaban J connectivity index is 1.40. The summed E-state index contributed by atoms with van der Waals surface area (Å²) in [5.41, 5.74) is 1.66. The van der Waals surface area contributed by atoms with E-state index in [4.69, 9.17) is 9.47 Å². The lowest BCUT2D eigenvalue weighted by molar-refractivity contribution is 0.0113. The molecule has 9 heteroatoms. The molecule has 0 bridgehead atoms. The van der Waals surface area contributed by atoms with Crippen molar-refractivity contribution < 1.29 is 13.9 Å². The monoisotopic (exact) mass is 446 g/mol. The summed E-state index contributed by atoms with van der Waals surface area (Å²) in [5.74, 6) is 0.396. The van der Waals surface area contributed by atoms with Gasteiger partial charge in [-0.15, -0.1) is 0 Å². The number of anilines is 2. The molecule has 1 aliphatic rings. The van der Waals surface area contributed by atoms with Gasteiger partial charge in [-0.25, -0.2) is 19.3 Å². The maximum absolute atomic E-state index is 15.0. The van der Waals surface area contributed by atoms with Crippen molar-refractivity contribution in [3.05, 3.63) is 67.4 Å². The molecule has 8 nitrogen and oxygen atoms in total. The van der Waals surface area contributed by atoms with Crippen LogP contribution in [-0.2, 0) is 4.74 Å². The standard InChI is InChI=1S/C24H23FN6O2/c1-3-20(32-2)31-12-10-16(13-31)33-19-9-8-18-23(30-19)24(28-14-27-18)29-17-7-6-15-5-4-11-26-22(15)21(17)25/h3-9,11,14,16,20H,1,10,12-13H2,2H3,(H,27,28,29)/t16-,20?/m0/s1. The quantitative estimate of drug-likeness (QED) is 0.426. The third-order valence-corrected chi connectivity index (χ3v) is 5.69. The highest BCUT2D eigenvalue weighted by Crippen LogP contribution is 2.29. The number of nitrogens with zero attached hydrogens (tertiary/aromatic N) is 5. The minimum Gasteiger partial charge on any atom is -0.473 e. The minimum absolute atomic E-state index is 0.0300. The molecule has 5 rings (SSSR count).